The molecule has 2 atom stereocenters. The van der Waals surface area contributed by atoms with Crippen molar-refractivity contribution in [3.63, 3.8) is 0 Å². The molecule has 0 radical (unpaired) electrons. The molecule has 2 heterocycles. The Morgan fingerprint density at radius 3 is 2.92 bits per heavy atom. The smallest absolute Gasteiger partial charge is 0.251 e. The van der Waals surface area contributed by atoms with E-state index in [2.05, 4.69) is 46.4 Å². The number of likely N-dealkylation sites (tertiary alicyclic amines) is 1. The fourth-order valence-corrected chi connectivity index (χ4v) is 3.39. The summed E-state index contributed by atoms with van der Waals surface area (Å²) in [6, 6.07) is 14.2. The number of carbonyl (C=O) groups excluding carboxylic acids is 1. The summed E-state index contributed by atoms with van der Waals surface area (Å²) >= 11 is 0. The summed E-state index contributed by atoms with van der Waals surface area (Å²) in [5.41, 5.74) is 8.30. The van der Waals surface area contributed by atoms with Crippen molar-refractivity contribution >= 4 is 5.91 Å². The average Bonchev–Trinajstić information content (AvgIpc) is 3.11. The average molecular weight is 338 g/mol. The van der Waals surface area contributed by atoms with Crippen molar-refractivity contribution in [3.8, 4) is 0 Å². The number of nitrogens with two attached hydrogens (primary N) is 1. The van der Waals surface area contributed by atoms with Crippen molar-refractivity contribution < 1.29 is 4.79 Å². The third kappa shape index (κ3) is 4.65. The second-order valence-electron chi connectivity index (χ2n) is 6.77. The van der Waals surface area contributed by atoms with Gasteiger partial charge in [0.25, 0.3) is 5.91 Å². The van der Waals surface area contributed by atoms with Gasteiger partial charge < -0.3 is 11.1 Å². The molecular formula is C20H26N4O. The van der Waals surface area contributed by atoms with Gasteiger partial charge in [-0.3, -0.25) is 14.7 Å². The molecule has 25 heavy (non-hydrogen) atoms. The molecule has 3 rings (SSSR count). The highest BCUT2D eigenvalue weighted by Crippen LogP contribution is 2.22. The molecule has 0 aliphatic carbocycles. The highest BCUT2D eigenvalue weighted by atomic mass is 16.1. The van der Waals surface area contributed by atoms with E-state index in [0.717, 1.165) is 31.7 Å². The van der Waals surface area contributed by atoms with Crippen LogP contribution in [0, 0.1) is 5.92 Å². The summed E-state index contributed by atoms with van der Waals surface area (Å²) in [6.07, 6.45) is 2.75. The Bertz CT molecular complexity index is 704. The Labute approximate surface area is 149 Å². The number of hydrogen-bond acceptors (Lipinski definition) is 4. The van der Waals surface area contributed by atoms with Crippen LogP contribution in [-0.4, -0.2) is 34.9 Å². The number of carbonyl (C=O) groups is 1. The second-order valence-corrected chi connectivity index (χ2v) is 6.77. The number of nitrogens with one attached hydrogen (secondary N) is 1. The van der Waals surface area contributed by atoms with Gasteiger partial charge in [0, 0.05) is 37.4 Å². The first-order valence-corrected chi connectivity index (χ1v) is 8.88. The first-order chi connectivity index (χ1) is 12.2. The van der Waals surface area contributed by atoms with Crippen LogP contribution >= 0.6 is 0 Å². The monoisotopic (exact) mass is 338 g/mol. The van der Waals surface area contributed by atoms with E-state index < -0.39 is 0 Å². The molecule has 1 aromatic carbocycles. The Kier molecular flexibility index (Phi) is 5.79. The van der Waals surface area contributed by atoms with E-state index in [1.165, 1.54) is 5.56 Å². The lowest BCUT2D eigenvalue weighted by Gasteiger charge is -2.22. The fraction of sp³-hybridized carbons (Fsp3) is 0.400. The van der Waals surface area contributed by atoms with Crippen LogP contribution in [0.3, 0.4) is 0 Å². The van der Waals surface area contributed by atoms with Crippen LogP contribution in [0.4, 0.5) is 0 Å². The van der Waals surface area contributed by atoms with Gasteiger partial charge in [-0.05, 0) is 43.5 Å². The number of rotatable bonds is 6. The summed E-state index contributed by atoms with van der Waals surface area (Å²) < 4.78 is 0. The third-order valence-electron chi connectivity index (χ3n) is 4.91. The summed E-state index contributed by atoms with van der Waals surface area (Å²) in [7, 11) is 0. The fourth-order valence-electron chi connectivity index (χ4n) is 3.39. The molecule has 1 amide bonds. The molecule has 1 aromatic heterocycles. The molecule has 0 bridgehead atoms. The number of pyridine rings is 1. The molecule has 132 valence electrons. The number of amides is 1. The van der Waals surface area contributed by atoms with Crippen molar-refractivity contribution in [3.05, 3.63) is 65.5 Å². The van der Waals surface area contributed by atoms with E-state index in [4.69, 9.17) is 5.73 Å². The molecule has 2 aromatic rings. The van der Waals surface area contributed by atoms with E-state index >= 15 is 0 Å². The lowest BCUT2D eigenvalue weighted by molar-refractivity contribution is 0.0926. The summed E-state index contributed by atoms with van der Waals surface area (Å²) in [4.78, 5) is 19.1. The molecule has 1 saturated heterocycles. The van der Waals surface area contributed by atoms with Gasteiger partial charge in [-0.25, -0.2) is 0 Å². The van der Waals surface area contributed by atoms with E-state index in [-0.39, 0.29) is 11.9 Å². The van der Waals surface area contributed by atoms with Crippen LogP contribution in [0.5, 0.6) is 0 Å². The Morgan fingerprint density at radius 2 is 2.16 bits per heavy atom. The number of aromatic nitrogens is 1. The molecule has 0 spiro atoms. The van der Waals surface area contributed by atoms with Crippen LogP contribution in [0.1, 0.15) is 35.0 Å². The van der Waals surface area contributed by atoms with Crippen LogP contribution in [-0.2, 0) is 13.1 Å². The van der Waals surface area contributed by atoms with Gasteiger partial charge in [-0.15, -0.1) is 0 Å². The molecule has 5 nitrogen and oxygen atoms in total. The first kappa shape index (κ1) is 17.6. The van der Waals surface area contributed by atoms with E-state index in [1.54, 1.807) is 18.3 Å². The predicted octanol–water partition coefficient (Wildman–Crippen LogP) is 2.18. The lowest BCUT2D eigenvalue weighted by atomic mass is 10.00. The zero-order valence-corrected chi connectivity index (χ0v) is 14.7. The molecule has 1 aliphatic heterocycles. The molecule has 1 aliphatic rings. The minimum absolute atomic E-state index is 0.0499. The summed E-state index contributed by atoms with van der Waals surface area (Å²) in [5.74, 6) is 0.426. The van der Waals surface area contributed by atoms with Gasteiger partial charge in [0.1, 0.15) is 0 Å². The van der Waals surface area contributed by atoms with E-state index in [9.17, 15) is 4.79 Å². The Balaban J connectivity index is 1.53. The number of benzene rings is 1. The minimum atomic E-state index is -0.0499. The van der Waals surface area contributed by atoms with Gasteiger partial charge in [-0.2, -0.15) is 0 Å². The zero-order chi connectivity index (χ0) is 17.6. The minimum Gasteiger partial charge on any atom is -0.349 e. The quantitative estimate of drug-likeness (QED) is 0.847. The Morgan fingerprint density at radius 1 is 1.36 bits per heavy atom. The second kappa shape index (κ2) is 8.23. The lowest BCUT2D eigenvalue weighted by Crippen LogP contribution is -2.39. The highest BCUT2D eigenvalue weighted by molar-refractivity contribution is 5.94. The van der Waals surface area contributed by atoms with Crippen LogP contribution < -0.4 is 11.1 Å². The topological polar surface area (TPSA) is 71.2 Å². The SMILES string of the molecule is CC(NC(=O)c1ccnc(CN)c1)C1CCN(Cc2ccccc2)C1. The van der Waals surface area contributed by atoms with E-state index in [1.807, 2.05) is 6.07 Å². The summed E-state index contributed by atoms with van der Waals surface area (Å²) in [5, 5.41) is 3.14. The number of nitrogens with zero attached hydrogens (tertiary/aromatic N) is 2. The molecule has 3 N–H and O–H groups in total. The number of hydrogen-bond donors (Lipinski definition) is 2. The zero-order valence-electron chi connectivity index (χ0n) is 14.7. The van der Waals surface area contributed by atoms with Crippen molar-refractivity contribution in [1.82, 2.24) is 15.2 Å². The molecule has 5 heteroatoms. The maximum absolute atomic E-state index is 12.5. The highest BCUT2D eigenvalue weighted by Gasteiger charge is 2.28. The third-order valence-corrected chi connectivity index (χ3v) is 4.91. The molecule has 0 saturated carbocycles. The van der Waals surface area contributed by atoms with Gasteiger partial charge in [0.15, 0.2) is 0 Å². The van der Waals surface area contributed by atoms with Crippen molar-refractivity contribution in [2.75, 3.05) is 13.1 Å². The largest absolute Gasteiger partial charge is 0.349 e. The van der Waals surface area contributed by atoms with Crippen LogP contribution in [0.15, 0.2) is 48.7 Å². The van der Waals surface area contributed by atoms with Crippen molar-refractivity contribution in [2.45, 2.75) is 32.5 Å². The summed E-state index contributed by atoms with van der Waals surface area (Å²) in [6.45, 7) is 5.50. The maximum atomic E-state index is 12.5. The van der Waals surface area contributed by atoms with Gasteiger partial charge in [-0.1, -0.05) is 30.3 Å². The molecule has 1 fully saturated rings. The normalized spacial score (nSPS) is 18.9. The van der Waals surface area contributed by atoms with Gasteiger partial charge in [0.05, 0.1) is 5.69 Å². The van der Waals surface area contributed by atoms with E-state index in [0.29, 0.717) is 18.0 Å². The van der Waals surface area contributed by atoms with Gasteiger partial charge in [0.2, 0.25) is 0 Å². The molecular weight excluding hydrogens is 312 g/mol. The first-order valence-electron chi connectivity index (χ1n) is 8.88. The van der Waals surface area contributed by atoms with Crippen LogP contribution in [0.25, 0.3) is 0 Å². The van der Waals surface area contributed by atoms with Crippen molar-refractivity contribution in [2.24, 2.45) is 11.7 Å². The van der Waals surface area contributed by atoms with Crippen molar-refractivity contribution in [1.29, 1.82) is 0 Å². The Hall–Kier alpha value is -2.24. The predicted molar refractivity (Wildman–Crippen MR) is 98.9 cm³/mol. The van der Waals surface area contributed by atoms with Crippen LogP contribution in [0.2, 0.25) is 0 Å². The standard InChI is InChI=1S/C20H26N4O/c1-15(23-20(25)17-7-9-22-19(11-17)12-21)18-8-10-24(14-18)13-16-5-3-2-4-6-16/h2-7,9,11,15,18H,8,10,12-14,21H2,1H3,(H,23,25). The molecule has 2 unspecified atom stereocenters. The maximum Gasteiger partial charge on any atom is 0.251 e. The van der Waals surface area contributed by atoms with Gasteiger partial charge >= 0.3 is 0 Å².